The minimum absolute atomic E-state index is 0.103. The van der Waals surface area contributed by atoms with Crippen LogP contribution in [0, 0.1) is 0 Å². The summed E-state index contributed by atoms with van der Waals surface area (Å²) in [6.45, 7) is 2.17. The molecule has 1 atom stereocenters. The number of benzene rings is 2. The van der Waals surface area contributed by atoms with Crippen LogP contribution in [0.3, 0.4) is 0 Å². The molecule has 1 amide bonds. The molecule has 0 spiro atoms. The molecule has 0 aliphatic carbocycles. The molecule has 2 aromatic carbocycles. The van der Waals surface area contributed by atoms with Crippen molar-refractivity contribution in [1.29, 1.82) is 0 Å². The monoisotopic (exact) mass is 376 g/mol. The lowest BCUT2D eigenvalue weighted by Gasteiger charge is -2.29. The Kier molecular flexibility index (Phi) is 4.85. The molecule has 0 saturated heterocycles. The van der Waals surface area contributed by atoms with Crippen LogP contribution in [0.4, 0.5) is 0 Å². The summed E-state index contributed by atoms with van der Waals surface area (Å²) in [5, 5.41) is 0. The number of rotatable bonds is 6. The normalized spacial score (nSPS) is 12.2. The molecule has 0 unspecified atom stereocenters. The van der Waals surface area contributed by atoms with E-state index in [9.17, 15) is 9.59 Å². The fourth-order valence-electron chi connectivity index (χ4n) is 3.31. The standard InChI is InChI=1S/C22H20N2O4/c1-16(17-8-3-2-4-9-17)23(14-18-10-7-13-27-18)21(25)15-24-19-11-5-6-12-20(19)28-22(24)26/h2-13,16H,14-15H2,1H3/t16-/m0/s1. The third-order valence-corrected chi connectivity index (χ3v) is 4.84. The van der Waals surface area contributed by atoms with E-state index >= 15 is 0 Å². The summed E-state index contributed by atoms with van der Waals surface area (Å²) in [5.41, 5.74) is 2.08. The highest BCUT2D eigenvalue weighted by Crippen LogP contribution is 2.23. The number of oxazole rings is 1. The van der Waals surface area contributed by atoms with Crippen LogP contribution in [0.2, 0.25) is 0 Å². The van der Waals surface area contributed by atoms with Gasteiger partial charge in [-0.2, -0.15) is 0 Å². The first-order chi connectivity index (χ1) is 13.6. The number of amides is 1. The van der Waals surface area contributed by atoms with E-state index in [0.717, 1.165) is 5.56 Å². The van der Waals surface area contributed by atoms with Crippen LogP contribution in [0.5, 0.6) is 0 Å². The number of fused-ring (bicyclic) bond motifs is 1. The molecular formula is C22H20N2O4. The summed E-state index contributed by atoms with van der Waals surface area (Å²) in [5.74, 6) is -0.0539. The number of hydrogen-bond acceptors (Lipinski definition) is 4. The fourth-order valence-corrected chi connectivity index (χ4v) is 3.31. The molecule has 142 valence electrons. The number of carbonyl (C=O) groups is 1. The van der Waals surface area contributed by atoms with E-state index in [1.807, 2.05) is 49.4 Å². The first-order valence-electron chi connectivity index (χ1n) is 9.08. The minimum Gasteiger partial charge on any atom is -0.467 e. The van der Waals surface area contributed by atoms with E-state index in [2.05, 4.69) is 0 Å². The third-order valence-electron chi connectivity index (χ3n) is 4.84. The Labute approximate surface area is 161 Å². The van der Waals surface area contributed by atoms with E-state index < -0.39 is 5.76 Å². The third kappa shape index (κ3) is 3.49. The molecular weight excluding hydrogens is 356 g/mol. The largest absolute Gasteiger partial charge is 0.467 e. The van der Waals surface area contributed by atoms with Gasteiger partial charge in [-0.25, -0.2) is 4.79 Å². The maximum atomic E-state index is 13.2. The van der Waals surface area contributed by atoms with E-state index in [4.69, 9.17) is 8.83 Å². The van der Waals surface area contributed by atoms with Gasteiger partial charge in [0.1, 0.15) is 12.3 Å². The number of nitrogens with zero attached hydrogens (tertiary/aromatic N) is 2. The molecule has 4 aromatic rings. The highest BCUT2D eigenvalue weighted by molar-refractivity contribution is 5.80. The van der Waals surface area contributed by atoms with E-state index in [-0.39, 0.29) is 18.5 Å². The van der Waals surface area contributed by atoms with Crippen molar-refractivity contribution in [1.82, 2.24) is 9.47 Å². The molecule has 2 aromatic heterocycles. The molecule has 6 heteroatoms. The fraction of sp³-hybridized carbons (Fsp3) is 0.182. The maximum absolute atomic E-state index is 13.2. The predicted octanol–water partition coefficient (Wildman–Crippen LogP) is 3.98. The van der Waals surface area contributed by atoms with Crippen molar-refractivity contribution in [2.24, 2.45) is 0 Å². The van der Waals surface area contributed by atoms with Crippen LogP contribution < -0.4 is 5.76 Å². The molecule has 6 nitrogen and oxygen atoms in total. The van der Waals surface area contributed by atoms with Crippen molar-refractivity contribution < 1.29 is 13.6 Å². The summed E-state index contributed by atoms with van der Waals surface area (Å²) < 4.78 is 12.1. The minimum atomic E-state index is -0.542. The molecule has 0 aliphatic heterocycles. The zero-order chi connectivity index (χ0) is 19.5. The Morgan fingerprint density at radius 1 is 1.04 bits per heavy atom. The lowest BCUT2D eigenvalue weighted by Crippen LogP contribution is -2.37. The van der Waals surface area contributed by atoms with E-state index in [1.165, 1.54) is 4.57 Å². The lowest BCUT2D eigenvalue weighted by atomic mass is 10.1. The van der Waals surface area contributed by atoms with Crippen molar-refractivity contribution in [3.63, 3.8) is 0 Å². The number of carbonyl (C=O) groups excluding carboxylic acids is 1. The van der Waals surface area contributed by atoms with Gasteiger partial charge >= 0.3 is 5.76 Å². The summed E-state index contributed by atoms with van der Waals surface area (Å²) in [6.07, 6.45) is 1.58. The smallest absolute Gasteiger partial charge is 0.420 e. The Morgan fingerprint density at radius 3 is 2.54 bits per heavy atom. The molecule has 2 heterocycles. The topological polar surface area (TPSA) is 68.6 Å². The highest BCUT2D eigenvalue weighted by atomic mass is 16.4. The van der Waals surface area contributed by atoms with E-state index in [0.29, 0.717) is 23.4 Å². The number of hydrogen-bond donors (Lipinski definition) is 0. The van der Waals surface area contributed by atoms with Gasteiger partial charge in [0.2, 0.25) is 5.91 Å². The SMILES string of the molecule is C[C@@H](c1ccccc1)N(Cc1ccco1)C(=O)Cn1c(=O)oc2ccccc21. The molecule has 28 heavy (non-hydrogen) atoms. The molecule has 0 radical (unpaired) electrons. The molecule has 0 bridgehead atoms. The van der Waals surface area contributed by atoms with Crippen molar-refractivity contribution in [3.8, 4) is 0 Å². The van der Waals surface area contributed by atoms with Gasteiger partial charge in [-0.15, -0.1) is 0 Å². The van der Waals surface area contributed by atoms with Crippen LogP contribution >= 0.6 is 0 Å². The predicted molar refractivity (Wildman–Crippen MR) is 105 cm³/mol. The van der Waals surface area contributed by atoms with Gasteiger partial charge in [-0.1, -0.05) is 42.5 Å². The Hall–Kier alpha value is -3.54. The molecule has 0 saturated carbocycles. The van der Waals surface area contributed by atoms with Crippen molar-refractivity contribution in [2.75, 3.05) is 0 Å². The molecule has 0 fully saturated rings. The second-order valence-electron chi connectivity index (χ2n) is 6.61. The van der Waals surface area contributed by atoms with Crippen LogP contribution in [-0.4, -0.2) is 15.4 Å². The first-order valence-corrected chi connectivity index (χ1v) is 9.08. The molecule has 4 rings (SSSR count). The summed E-state index contributed by atoms with van der Waals surface area (Å²) in [7, 11) is 0. The zero-order valence-corrected chi connectivity index (χ0v) is 15.4. The average Bonchev–Trinajstić information content (AvgIpc) is 3.34. The van der Waals surface area contributed by atoms with Gasteiger partial charge in [-0.3, -0.25) is 9.36 Å². The van der Waals surface area contributed by atoms with Crippen molar-refractivity contribution >= 4 is 17.0 Å². The summed E-state index contributed by atoms with van der Waals surface area (Å²) in [6, 6.07) is 20.3. The summed E-state index contributed by atoms with van der Waals surface area (Å²) >= 11 is 0. The van der Waals surface area contributed by atoms with Gasteiger partial charge in [0.15, 0.2) is 5.58 Å². The van der Waals surface area contributed by atoms with Crippen molar-refractivity contribution in [3.05, 3.63) is 94.9 Å². The van der Waals surface area contributed by atoms with Crippen LogP contribution in [0.15, 0.2) is 86.6 Å². The number of para-hydroxylation sites is 2. The second-order valence-corrected chi connectivity index (χ2v) is 6.61. The highest BCUT2D eigenvalue weighted by Gasteiger charge is 2.24. The first kappa shape index (κ1) is 17.9. The second kappa shape index (κ2) is 7.60. The number of aromatic nitrogens is 1. The van der Waals surface area contributed by atoms with Crippen LogP contribution in [0.25, 0.3) is 11.1 Å². The summed E-state index contributed by atoms with van der Waals surface area (Å²) in [4.78, 5) is 27.2. The Bertz CT molecular complexity index is 1130. The zero-order valence-electron chi connectivity index (χ0n) is 15.4. The van der Waals surface area contributed by atoms with E-state index in [1.54, 1.807) is 35.4 Å². The average molecular weight is 376 g/mol. The lowest BCUT2D eigenvalue weighted by molar-refractivity contribution is -0.135. The van der Waals surface area contributed by atoms with Gasteiger partial charge in [0.05, 0.1) is 24.4 Å². The van der Waals surface area contributed by atoms with Gasteiger partial charge in [0, 0.05) is 0 Å². The Morgan fingerprint density at radius 2 is 1.79 bits per heavy atom. The van der Waals surface area contributed by atoms with Crippen molar-refractivity contribution in [2.45, 2.75) is 26.1 Å². The maximum Gasteiger partial charge on any atom is 0.420 e. The Balaban J connectivity index is 1.66. The molecule has 0 N–H and O–H groups in total. The van der Waals surface area contributed by atoms with Gasteiger partial charge in [0.25, 0.3) is 0 Å². The number of furan rings is 1. The van der Waals surface area contributed by atoms with Gasteiger partial charge < -0.3 is 13.7 Å². The van der Waals surface area contributed by atoms with Gasteiger partial charge in [-0.05, 0) is 36.8 Å². The quantitative estimate of drug-likeness (QED) is 0.510. The molecule has 0 aliphatic rings. The van der Waals surface area contributed by atoms with Crippen LogP contribution in [0.1, 0.15) is 24.3 Å². The van der Waals surface area contributed by atoms with Crippen LogP contribution in [-0.2, 0) is 17.9 Å².